The summed E-state index contributed by atoms with van der Waals surface area (Å²) in [5, 5.41) is 0. The van der Waals surface area contributed by atoms with Gasteiger partial charge in [0.15, 0.2) is 0 Å². The highest BCUT2D eigenvalue weighted by Gasteiger charge is 2.20. The maximum atomic E-state index is 5.50. The van der Waals surface area contributed by atoms with E-state index in [1.165, 1.54) is 36.1 Å². The minimum absolute atomic E-state index is 0.646. The summed E-state index contributed by atoms with van der Waals surface area (Å²) in [5.41, 5.74) is 2.82. The molecule has 0 aliphatic heterocycles. The largest absolute Gasteiger partial charge is 0.468 e. The van der Waals surface area contributed by atoms with Crippen molar-refractivity contribution < 1.29 is 4.42 Å². The Hall–Kier alpha value is -0.720. The monoisotopic (exact) mass is 150 g/mol. The Morgan fingerprint density at radius 1 is 1.55 bits per heavy atom. The van der Waals surface area contributed by atoms with Crippen molar-refractivity contribution in [3.8, 4) is 0 Å². The van der Waals surface area contributed by atoms with E-state index in [4.69, 9.17) is 4.42 Å². The Bertz CT molecular complexity index is 260. The lowest BCUT2D eigenvalue weighted by Gasteiger charge is -2.16. The molecule has 60 valence electrons. The minimum Gasteiger partial charge on any atom is -0.468 e. The van der Waals surface area contributed by atoms with Gasteiger partial charge in [-0.1, -0.05) is 6.92 Å². The van der Waals surface area contributed by atoms with E-state index in [-0.39, 0.29) is 0 Å². The van der Waals surface area contributed by atoms with Crippen molar-refractivity contribution in [1.82, 2.24) is 0 Å². The molecule has 0 bridgehead atoms. The molecule has 1 aromatic rings. The standard InChI is InChI=1S/C10H14O/c1-7-4-3-5-9-8(2)6-11-10(7)9/h6-7H,3-5H2,1-2H3. The van der Waals surface area contributed by atoms with Crippen LogP contribution in [0.25, 0.3) is 0 Å². The molecule has 1 unspecified atom stereocenters. The normalized spacial score (nSPS) is 23.3. The first kappa shape index (κ1) is 6.96. The van der Waals surface area contributed by atoms with Crippen molar-refractivity contribution in [1.29, 1.82) is 0 Å². The number of hydrogen-bond acceptors (Lipinski definition) is 1. The quantitative estimate of drug-likeness (QED) is 0.554. The zero-order valence-corrected chi connectivity index (χ0v) is 7.18. The zero-order valence-electron chi connectivity index (χ0n) is 7.18. The molecule has 0 aromatic carbocycles. The third-order valence-corrected chi connectivity index (χ3v) is 2.65. The van der Waals surface area contributed by atoms with E-state index < -0.39 is 0 Å². The van der Waals surface area contributed by atoms with Crippen molar-refractivity contribution >= 4 is 0 Å². The van der Waals surface area contributed by atoms with E-state index in [2.05, 4.69) is 13.8 Å². The Morgan fingerprint density at radius 3 is 3.09 bits per heavy atom. The molecule has 1 aliphatic carbocycles. The van der Waals surface area contributed by atoms with Crippen LogP contribution >= 0.6 is 0 Å². The summed E-state index contributed by atoms with van der Waals surface area (Å²) in [7, 11) is 0. The average Bonchev–Trinajstić information content (AvgIpc) is 2.35. The summed E-state index contributed by atoms with van der Waals surface area (Å²) < 4.78 is 5.50. The van der Waals surface area contributed by atoms with E-state index in [1.54, 1.807) is 0 Å². The van der Waals surface area contributed by atoms with Gasteiger partial charge in [0, 0.05) is 5.92 Å². The topological polar surface area (TPSA) is 13.1 Å². The van der Waals surface area contributed by atoms with Gasteiger partial charge in [0.1, 0.15) is 5.76 Å². The Kier molecular flexibility index (Phi) is 1.52. The predicted octanol–water partition coefficient (Wildman–Crippen LogP) is 3.03. The molecule has 1 aliphatic rings. The first-order valence-corrected chi connectivity index (χ1v) is 4.36. The van der Waals surface area contributed by atoms with Crippen molar-refractivity contribution in [2.24, 2.45) is 0 Å². The first-order chi connectivity index (χ1) is 5.29. The molecule has 1 heteroatoms. The van der Waals surface area contributed by atoms with Gasteiger partial charge in [-0.25, -0.2) is 0 Å². The van der Waals surface area contributed by atoms with Crippen LogP contribution in [-0.4, -0.2) is 0 Å². The summed E-state index contributed by atoms with van der Waals surface area (Å²) in [6, 6.07) is 0. The van der Waals surface area contributed by atoms with Gasteiger partial charge in [-0.05, 0) is 37.3 Å². The molecule has 0 saturated heterocycles. The van der Waals surface area contributed by atoms with Crippen molar-refractivity contribution in [3.63, 3.8) is 0 Å². The molecule has 0 amide bonds. The highest BCUT2D eigenvalue weighted by molar-refractivity contribution is 5.30. The summed E-state index contributed by atoms with van der Waals surface area (Å²) in [6.45, 7) is 4.39. The van der Waals surface area contributed by atoms with Gasteiger partial charge in [-0.15, -0.1) is 0 Å². The fourth-order valence-electron chi connectivity index (χ4n) is 1.94. The minimum atomic E-state index is 0.646. The van der Waals surface area contributed by atoms with Crippen molar-refractivity contribution in [2.45, 2.75) is 39.0 Å². The Labute approximate surface area is 67.4 Å². The summed E-state index contributed by atoms with van der Waals surface area (Å²) in [4.78, 5) is 0. The van der Waals surface area contributed by atoms with Gasteiger partial charge < -0.3 is 4.42 Å². The SMILES string of the molecule is Cc1coc2c1CCCC2C. The lowest BCUT2D eigenvalue weighted by Crippen LogP contribution is -2.04. The maximum absolute atomic E-state index is 5.50. The van der Waals surface area contributed by atoms with Gasteiger partial charge in [0.05, 0.1) is 6.26 Å². The molecule has 0 saturated carbocycles. The number of furan rings is 1. The van der Waals surface area contributed by atoms with E-state index >= 15 is 0 Å². The Balaban J connectivity index is 2.46. The molecular weight excluding hydrogens is 136 g/mol. The van der Waals surface area contributed by atoms with Crippen LogP contribution in [-0.2, 0) is 6.42 Å². The molecule has 0 fully saturated rings. The average molecular weight is 150 g/mol. The van der Waals surface area contributed by atoms with Crippen LogP contribution in [0.3, 0.4) is 0 Å². The van der Waals surface area contributed by atoms with Crippen LogP contribution in [0.4, 0.5) is 0 Å². The van der Waals surface area contributed by atoms with Crippen molar-refractivity contribution in [2.75, 3.05) is 0 Å². The number of fused-ring (bicyclic) bond motifs is 1. The zero-order chi connectivity index (χ0) is 7.84. The summed E-state index contributed by atoms with van der Waals surface area (Å²) in [6.07, 6.45) is 5.74. The lowest BCUT2D eigenvalue weighted by atomic mass is 9.88. The van der Waals surface area contributed by atoms with E-state index in [9.17, 15) is 0 Å². The first-order valence-electron chi connectivity index (χ1n) is 4.36. The fraction of sp³-hybridized carbons (Fsp3) is 0.600. The third kappa shape index (κ3) is 0.991. The van der Waals surface area contributed by atoms with Gasteiger partial charge in [0.25, 0.3) is 0 Å². The molecule has 0 N–H and O–H groups in total. The predicted molar refractivity (Wildman–Crippen MR) is 44.8 cm³/mol. The lowest BCUT2D eigenvalue weighted by molar-refractivity contribution is 0.432. The number of rotatable bonds is 0. The van der Waals surface area contributed by atoms with Gasteiger partial charge in [0.2, 0.25) is 0 Å². The van der Waals surface area contributed by atoms with Gasteiger partial charge >= 0.3 is 0 Å². The Morgan fingerprint density at radius 2 is 2.36 bits per heavy atom. The molecule has 1 atom stereocenters. The van der Waals surface area contributed by atoms with Crippen LogP contribution in [0, 0.1) is 6.92 Å². The summed E-state index contributed by atoms with van der Waals surface area (Å²) in [5.74, 6) is 1.89. The van der Waals surface area contributed by atoms with E-state index in [1.807, 2.05) is 6.26 Å². The van der Waals surface area contributed by atoms with Crippen LogP contribution in [0.2, 0.25) is 0 Å². The molecule has 11 heavy (non-hydrogen) atoms. The van der Waals surface area contributed by atoms with Gasteiger partial charge in [-0.2, -0.15) is 0 Å². The van der Waals surface area contributed by atoms with E-state index in [0.29, 0.717) is 5.92 Å². The molecule has 0 radical (unpaired) electrons. The maximum Gasteiger partial charge on any atom is 0.110 e. The molecule has 1 nitrogen and oxygen atoms in total. The van der Waals surface area contributed by atoms with Gasteiger partial charge in [-0.3, -0.25) is 0 Å². The fourth-order valence-corrected chi connectivity index (χ4v) is 1.94. The second-order valence-electron chi connectivity index (χ2n) is 3.55. The molecule has 1 heterocycles. The number of hydrogen-bond donors (Lipinski definition) is 0. The van der Waals surface area contributed by atoms with Crippen molar-refractivity contribution in [3.05, 3.63) is 23.2 Å². The second kappa shape index (κ2) is 2.40. The summed E-state index contributed by atoms with van der Waals surface area (Å²) >= 11 is 0. The highest BCUT2D eigenvalue weighted by atomic mass is 16.3. The molecule has 1 aromatic heterocycles. The highest BCUT2D eigenvalue weighted by Crippen LogP contribution is 2.33. The smallest absolute Gasteiger partial charge is 0.110 e. The molecule has 2 rings (SSSR count). The molecular formula is C10H14O. The van der Waals surface area contributed by atoms with Crippen LogP contribution in [0.5, 0.6) is 0 Å². The third-order valence-electron chi connectivity index (χ3n) is 2.65. The van der Waals surface area contributed by atoms with E-state index in [0.717, 1.165) is 0 Å². The van der Waals surface area contributed by atoms with Crippen LogP contribution in [0.15, 0.2) is 10.7 Å². The van der Waals surface area contributed by atoms with Crippen LogP contribution in [0.1, 0.15) is 42.6 Å². The van der Waals surface area contributed by atoms with Crippen LogP contribution < -0.4 is 0 Å². The molecule has 0 spiro atoms. The number of aryl methyl sites for hydroxylation is 1. The second-order valence-corrected chi connectivity index (χ2v) is 3.55.